The van der Waals surface area contributed by atoms with Gasteiger partial charge in [-0.1, -0.05) is 12.1 Å². The minimum Gasteiger partial charge on any atom is -0.373 e. The van der Waals surface area contributed by atoms with Crippen LogP contribution in [0, 0.1) is 0 Å². The van der Waals surface area contributed by atoms with Crippen LogP contribution in [0.4, 0.5) is 0 Å². The van der Waals surface area contributed by atoms with Crippen molar-refractivity contribution in [3.8, 4) is 0 Å². The second-order valence-corrected chi connectivity index (χ2v) is 7.24. The first-order valence-corrected chi connectivity index (χ1v) is 7.49. The van der Waals surface area contributed by atoms with Crippen LogP contribution in [0.1, 0.15) is 25.8 Å². The molecule has 0 aromatic heterocycles. The Morgan fingerprint density at radius 1 is 1.41 bits per heavy atom. The molecule has 1 unspecified atom stereocenters. The van der Waals surface area contributed by atoms with Crippen molar-refractivity contribution < 1.29 is 13.2 Å². The summed E-state index contributed by atoms with van der Waals surface area (Å²) in [6, 6.07) is 7.25. The molecular formula is C13H18O3S. The van der Waals surface area contributed by atoms with Crippen molar-refractivity contribution in [3.63, 3.8) is 0 Å². The number of hydrogen-bond acceptors (Lipinski definition) is 3. The lowest BCUT2D eigenvalue weighted by atomic mass is 10.1. The van der Waals surface area contributed by atoms with E-state index in [2.05, 4.69) is 0 Å². The molecule has 1 aliphatic heterocycles. The van der Waals surface area contributed by atoms with Gasteiger partial charge in [0.25, 0.3) is 0 Å². The summed E-state index contributed by atoms with van der Waals surface area (Å²) in [4.78, 5) is 0.432. The number of sulfone groups is 1. The van der Waals surface area contributed by atoms with E-state index in [0.717, 1.165) is 25.0 Å². The van der Waals surface area contributed by atoms with E-state index in [-0.39, 0.29) is 5.25 Å². The molecule has 0 bridgehead atoms. The van der Waals surface area contributed by atoms with Gasteiger partial charge in [-0.15, -0.1) is 0 Å². The zero-order valence-corrected chi connectivity index (χ0v) is 11.0. The summed E-state index contributed by atoms with van der Waals surface area (Å²) in [5.74, 6) is 0. The summed E-state index contributed by atoms with van der Waals surface area (Å²) in [6.07, 6.45) is 2.25. The van der Waals surface area contributed by atoms with E-state index in [4.69, 9.17) is 4.74 Å². The lowest BCUT2D eigenvalue weighted by Gasteiger charge is -2.09. The predicted octanol–water partition coefficient (Wildman–Crippen LogP) is 2.20. The maximum atomic E-state index is 12.0. The van der Waals surface area contributed by atoms with E-state index < -0.39 is 9.84 Å². The maximum absolute atomic E-state index is 12.0. The van der Waals surface area contributed by atoms with Crippen LogP contribution in [-0.2, 0) is 21.0 Å². The number of ether oxygens (including phenoxy) is 1. The van der Waals surface area contributed by atoms with Gasteiger partial charge in [0, 0.05) is 0 Å². The van der Waals surface area contributed by atoms with Crippen LogP contribution >= 0.6 is 0 Å². The molecule has 0 radical (unpaired) electrons. The SMILES string of the molecule is CC(C)S(=O)(=O)c1cccc(CCC2CO2)c1. The highest BCUT2D eigenvalue weighted by Crippen LogP contribution is 2.20. The molecule has 94 valence electrons. The second kappa shape index (κ2) is 4.78. The Bertz CT molecular complexity index is 487. The lowest BCUT2D eigenvalue weighted by Crippen LogP contribution is -2.14. The molecular weight excluding hydrogens is 236 g/mol. The summed E-state index contributed by atoms with van der Waals surface area (Å²) < 4.78 is 29.2. The molecule has 0 saturated carbocycles. The van der Waals surface area contributed by atoms with Gasteiger partial charge in [0.1, 0.15) is 0 Å². The van der Waals surface area contributed by atoms with Gasteiger partial charge in [-0.3, -0.25) is 0 Å². The van der Waals surface area contributed by atoms with Gasteiger partial charge < -0.3 is 4.74 Å². The molecule has 1 fully saturated rings. The molecule has 1 aromatic rings. The highest BCUT2D eigenvalue weighted by Gasteiger charge is 2.22. The fourth-order valence-corrected chi connectivity index (χ4v) is 2.84. The molecule has 3 nitrogen and oxygen atoms in total. The van der Waals surface area contributed by atoms with Gasteiger partial charge >= 0.3 is 0 Å². The molecule has 0 N–H and O–H groups in total. The Labute approximate surface area is 103 Å². The van der Waals surface area contributed by atoms with Crippen LogP contribution in [0.25, 0.3) is 0 Å². The Morgan fingerprint density at radius 3 is 2.71 bits per heavy atom. The van der Waals surface area contributed by atoms with E-state index in [1.54, 1.807) is 26.0 Å². The highest BCUT2D eigenvalue weighted by molar-refractivity contribution is 7.92. The summed E-state index contributed by atoms with van der Waals surface area (Å²) in [7, 11) is -3.15. The van der Waals surface area contributed by atoms with Gasteiger partial charge in [0.2, 0.25) is 0 Å². The number of epoxide rings is 1. The third-order valence-electron chi connectivity index (χ3n) is 3.00. The summed E-state index contributed by atoms with van der Waals surface area (Å²) in [5.41, 5.74) is 1.07. The molecule has 1 atom stereocenters. The van der Waals surface area contributed by atoms with Gasteiger partial charge in [0.15, 0.2) is 9.84 Å². The van der Waals surface area contributed by atoms with E-state index in [0.29, 0.717) is 11.0 Å². The van der Waals surface area contributed by atoms with Crippen LogP contribution in [0.2, 0.25) is 0 Å². The third-order valence-corrected chi connectivity index (χ3v) is 5.16. The largest absolute Gasteiger partial charge is 0.373 e. The average Bonchev–Trinajstić information content (AvgIpc) is 3.10. The van der Waals surface area contributed by atoms with Crippen molar-refractivity contribution in [1.29, 1.82) is 0 Å². The van der Waals surface area contributed by atoms with Crippen LogP contribution < -0.4 is 0 Å². The number of benzene rings is 1. The predicted molar refractivity (Wildman–Crippen MR) is 66.8 cm³/mol. The number of hydrogen-bond donors (Lipinski definition) is 0. The zero-order valence-electron chi connectivity index (χ0n) is 10.2. The summed E-state index contributed by atoms with van der Waals surface area (Å²) in [6.45, 7) is 4.27. The molecule has 4 heteroatoms. The Morgan fingerprint density at radius 2 is 2.12 bits per heavy atom. The standard InChI is InChI=1S/C13H18O3S/c1-10(2)17(14,15)13-5-3-4-11(8-13)6-7-12-9-16-12/h3-5,8,10,12H,6-7,9H2,1-2H3. The molecule has 0 aliphatic carbocycles. The average molecular weight is 254 g/mol. The molecule has 1 aromatic carbocycles. The lowest BCUT2D eigenvalue weighted by molar-refractivity contribution is 0.397. The quantitative estimate of drug-likeness (QED) is 0.757. The molecule has 2 rings (SSSR count). The topological polar surface area (TPSA) is 46.7 Å². The third kappa shape index (κ3) is 3.07. The van der Waals surface area contributed by atoms with E-state index in [9.17, 15) is 8.42 Å². The minimum absolute atomic E-state index is 0.371. The molecule has 17 heavy (non-hydrogen) atoms. The fraction of sp³-hybridized carbons (Fsp3) is 0.538. The summed E-state index contributed by atoms with van der Waals surface area (Å²) >= 11 is 0. The van der Waals surface area contributed by atoms with Gasteiger partial charge in [-0.2, -0.15) is 0 Å². The van der Waals surface area contributed by atoms with Crippen molar-refractivity contribution in [3.05, 3.63) is 29.8 Å². The molecule has 1 heterocycles. The first-order valence-electron chi connectivity index (χ1n) is 5.94. The van der Waals surface area contributed by atoms with Crippen molar-refractivity contribution >= 4 is 9.84 Å². The molecule has 1 aliphatic rings. The van der Waals surface area contributed by atoms with Crippen molar-refractivity contribution in [2.75, 3.05) is 6.61 Å². The zero-order chi connectivity index (χ0) is 12.5. The van der Waals surface area contributed by atoms with Crippen LogP contribution in [-0.4, -0.2) is 26.4 Å². The summed E-state index contributed by atoms with van der Waals surface area (Å²) in [5, 5.41) is -0.371. The van der Waals surface area contributed by atoms with Gasteiger partial charge in [0.05, 0.1) is 22.9 Å². The van der Waals surface area contributed by atoms with E-state index in [1.807, 2.05) is 12.1 Å². The maximum Gasteiger partial charge on any atom is 0.180 e. The van der Waals surface area contributed by atoms with Crippen LogP contribution in [0.5, 0.6) is 0 Å². The van der Waals surface area contributed by atoms with Crippen LogP contribution in [0.3, 0.4) is 0 Å². The first kappa shape index (κ1) is 12.6. The smallest absolute Gasteiger partial charge is 0.180 e. The van der Waals surface area contributed by atoms with E-state index in [1.165, 1.54) is 0 Å². The van der Waals surface area contributed by atoms with Gasteiger partial charge in [-0.05, 0) is 44.4 Å². The molecule has 0 spiro atoms. The Balaban J connectivity index is 2.15. The first-order chi connectivity index (χ1) is 8.00. The Kier molecular flexibility index (Phi) is 3.54. The monoisotopic (exact) mass is 254 g/mol. The van der Waals surface area contributed by atoms with Crippen molar-refractivity contribution in [2.24, 2.45) is 0 Å². The van der Waals surface area contributed by atoms with E-state index >= 15 is 0 Å². The van der Waals surface area contributed by atoms with Crippen LogP contribution in [0.15, 0.2) is 29.2 Å². The molecule has 0 amide bonds. The number of aryl methyl sites for hydroxylation is 1. The number of rotatable bonds is 5. The minimum atomic E-state index is -3.15. The second-order valence-electron chi connectivity index (χ2n) is 4.74. The Hall–Kier alpha value is -0.870. The normalized spacial score (nSPS) is 19.6. The molecule has 1 saturated heterocycles. The van der Waals surface area contributed by atoms with Gasteiger partial charge in [-0.25, -0.2) is 8.42 Å². The van der Waals surface area contributed by atoms with Crippen molar-refractivity contribution in [2.45, 2.75) is 42.9 Å². The fourth-order valence-electron chi connectivity index (χ4n) is 1.71. The van der Waals surface area contributed by atoms with Crippen molar-refractivity contribution in [1.82, 2.24) is 0 Å². The highest BCUT2D eigenvalue weighted by atomic mass is 32.2.